The van der Waals surface area contributed by atoms with E-state index < -0.39 is 5.60 Å². The molecule has 0 atom stereocenters. The fourth-order valence-corrected chi connectivity index (χ4v) is 2.32. The lowest BCUT2D eigenvalue weighted by Crippen LogP contribution is -2.39. The van der Waals surface area contributed by atoms with Crippen LogP contribution in [0.2, 0.25) is 0 Å². The first kappa shape index (κ1) is 14.6. The molecule has 0 unspecified atom stereocenters. The lowest BCUT2D eigenvalue weighted by Gasteiger charge is -2.31. The van der Waals surface area contributed by atoms with Crippen molar-refractivity contribution >= 4 is 17.6 Å². The molecule has 0 saturated heterocycles. The SMILES string of the molecule is CC(=O)c1ccc2c(c1)CCCN2C(=O)OC(C)(C)C. The molecule has 0 fully saturated rings. The maximum Gasteiger partial charge on any atom is 0.414 e. The van der Waals surface area contributed by atoms with E-state index in [-0.39, 0.29) is 11.9 Å². The highest BCUT2D eigenvalue weighted by Crippen LogP contribution is 2.29. The molecule has 1 aromatic carbocycles. The molecular formula is C16H21NO3. The minimum absolute atomic E-state index is 0.0437. The summed E-state index contributed by atoms with van der Waals surface area (Å²) >= 11 is 0. The van der Waals surface area contributed by atoms with E-state index in [0.29, 0.717) is 12.1 Å². The third-order valence-corrected chi connectivity index (χ3v) is 3.22. The van der Waals surface area contributed by atoms with Crippen LogP contribution in [0.4, 0.5) is 10.5 Å². The molecule has 1 aliphatic heterocycles. The van der Waals surface area contributed by atoms with Gasteiger partial charge >= 0.3 is 6.09 Å². The van der Waals surface area contributed by atoms with Crippen LogP contribution in [-0.2, 0) is 11.2 Å². The van der Waals surface area contributed by atoms with Crippen molar-refractivity contribution in [2.45, 2.75) is 46.1 Å². The monoisotopic (exact) mass is 275 g/mol. The normalized spacial score (nSPS) is 14.7. The predicted molar refractivity (Wildman–Crippen MR) is 78.3 cm³/mol. The van der Waals surface area contributed by atoms with Gasteiger partial charge in [0.1, 0.15) is 5.60 Å². The van der Waals surface area contributed by atoms with Crippen LogP contribution >= 0.6 is 0 Å². The highest BCUT2D eigenvalue weighted by molar-refractivity contribution is 5.96. The zero-order valence-corrected chi connectivity index (χ0v) is 12.5. The third-order valence-electron chi connectivity index (χ3n) is 3.22. The number of fused-ring (bicyclic) bond motifs is 1. The molecule has 1 aliphatic rings. The zero-order chi connectivity index (χ0) is 14.9. The molecule has 1 amide bonds. The summed E-state index contributed by atoms with van der Waals surface area (Å²) < 4.78 is 5.43. The minimum atomic E-state index is -0.506. The second-order valence-corrected chi connectivity index (χ2v) is 6.14. The molecule has 0 N–H and O–H groups in total. The molecule has 0 aliphatic carbocycles. The Morgan fingerprint density at radius 3 is 2.55 bits per heavy atom. The summed E-state index contributed by atoms with van der Waals surface area (Å²) in [6, 6.07) is 5.49. The number of aryl methyl sites for hydroxylation is 1. The first-order chi connectivity index (χ1) is 9.28. The molecular weight excluding hydrogens is 254 g/mol. The van der Waals surface area contributed by atoms with Gasteiger partial charge in [-0.25, -0.2) is 4.79 Å². The summed E-state index contributed by atoms with van der Waals surface area (Å²) in [4.78, 5) is 25.3. The van der Waals surface area contributed by atoms with Crippen LogP contribution in [0.1, 0.15) is 50.0 Å². The topological polar surface area (TPSA) is 46.6 Å². The Bertz CT molecular complexity index is 543. The Hall–Kier alpha value is -1.84. The standard InChI is InChI=1S/C16H21NO3/c1-11(18)12-7-8-14-13(10-12)6-5-9-17(14)15(19)20-16(2,3)4/h7-8,10H,5-6,9H2,1-4H3. The highest BCUT2D eigenvalue weighted by atomic mass is 16.6. The fraction of sp³-hybridized carbons (Fsp3) is 0.500. The summed E-state index contributed by atoms with van der Waals surface area (Å²) in [5.41, 5.74) is 2.08. The maximum absolute atomic E-state index is 12.2. The Morgan fingerprint density at radius 1 is 1.25 bits per heavy atom. The van der Waals surface area contributed by atoms with Crippen LogP contribution < -0.4 is 4.90 Å². The first-order valence-corrected chi connectivity index (χ1v) is 6.92. The van der Waals surface area contributed by atoms with Crippen LogP contribution in [0.3, 0.4) is 0 Å². The Morgan fingerprint density at radius 2 is 1.95 bits per heavy atom. The predicted octanol–water partition coefficient (Wildman–Crippen LogP) is 3.58. The summed E-state index contributed by atoms with van der Waals surface area (Å²) in [5, 5.41) is 0. The number of amides is 1. The molecule has 0 radical (unpaired) electrons. The first-order valence-electron chi connectivity index (χ1n) is 6.92. The van der Waals surface area contributed by atoms with Gasteiger partial charge < -0.3 is 4.74 Å². The second-order valence-electron chi connectivity index (χ2n) is 6.14. The van der Waals surface area contributed by atoms with E-state index in [9.17, 15) is 9.59 Å². The second kappa shape index (κ2) is 5.27. The summed E-state index contributed by atoms with van der Waals surface area (Å²) in [6.07, 6.45) is 1.44. The number of carbonyl (C=O) groups is 2. The van der Waals surface area contributed by atoms with Gasteiger partial charge in [-0.15, -0.1) is 0 Å². The highest BCUT2D eigenvalue weighted by Gasteiger charge is 2.27. The van der Waals surface area contributed by atoms with Gasteiger partial charge in [-0.2, -0.15) is 0 Å². The van der Waals surface area contributed by atoms with Gasteiger partial charge in [-0.1, -0.05) is 0 Å². The van der Waals surface area contributed by atoms with E-state index >= 15 is 0 Å². The molecule has 1 heterocycles. The number of hydrogen-bond acceptors (Lipinski definition) is 3. The van der Waals surface area contributed by atoms with E-state index in [2.05, 4.69) is 0 Å². The van der Waals surface area contributed by atoms with Crippen LogP contribution in [0.25, 0.3) is 0 Å². The Labute approximate surface area is 119 Å². The van der Waals surface area contributed by atoms with E-state index in [1.807, 2.05) is 32.9 Å². The molecule has 108 valence electrons. The number of Topliss-reactive ketones (excluding diaryl/α,β-unsaturated/α-hetero) is 1. The average molecular weight is 275 g/mol. The van der Waals surface area contributed by atoms with Gasteiger partial charge in [-0.3, -0.25) is 9.69 Å². The lowest BCUT2D eigenvalue weighted by atomic mass is 9.98. The molecule has 4 nitrogen and oxygen atoms in total. The number of ether oxygens (including phenoxy) is 1. The Kier molecular flexibility index (Phi) is 3.84. The van der Waals surface area contributed by atoms with Crippen molar-refractivity contribution in [3.8, 4) is 0 Å². The van der Waals surface area contributed by atoms with Crippen LogP contribution in [0.15, 0.2) is 18.2 Å². The van der Waals surface area contributed by atoms with Crippen molar-refractivity contribution in [2.75, 3.05) is 11.4 Å². The van der Waals surface area contributed by atoms with E-state index in [4.69, 9.17) is 4.74 Å². The van der Waals surface area contributed by atoms with Crippen molar-refractivity contribution in [2.24, 2.45) is 0 Å². The van der Waals surface area contributed by atoms with Gasteiger partial charge in [0.25, 0.3) is 0 Å². The van der Waals surface area contributed by atoms with E-state index in [1.165, 1.54) is 0 Å². The summed E-state index contributed by atoms with van der Waals surface area (Å²) in [7, 11) is 0. The van der Waals surface area contributed by atoms with E-state index in [0.717, 1.165) is 24.1 Å². The number of benzene rings is 1. The number of nitrogens with zero attached hydrogens (tertiary/aromatic N) is 1. The van der Waals surface area contributed by atoms with Gasteiger partial charge in [0.15, 0.2) is 5.78 Å². The molecule has 20 heavy (non-hydrogen) atoms. The molecule has 0 saturated carbocycles. The quantitative estimate of drug-likeness (QED) is 0.736. The molecule has 4 heteroatoms. The van der Waals surface area contributed by atoms with Gasteiger partial charge in [0.2, 0.25) is 0 Å². The Balaban J connectivity index is 2.29. The van der Waals surface area contributed by atoms with E-state index in [1.54, 1.807) is 17.9 Å². The molecule has 0 bridgehead atoms. The number of ketones is 1. The zero-order valence-electron chi connectivity index (χ0n) is 12.5. The van der Waals surface area contributed by atoms with Crippen LogP contribution in [0.5, 0.6) is 0 Å². The number of carbonyl (C=O) groups excluding carboxylic acids is 2. The van der Waals surface area contributed by atoms with Crippen molar-refractivity contribution in [1.82, 2.24) is 0 Å². The van der Waals surface area contributed by atoms with Crippen LogP contribution in [-0.4, -0.2) is 24.0 Å². The molecule has 2 rings (SSSR count). The van der Waals surface area contributed by atoms with Crippen molar-refractivity contribution in [1.29, 1.82) is 0 Å². The molecule has 0 spiro atoms. The minimum Gasteiger partial charge on any atom is -0.443 e. The van der Waals surface area contributed by atoms with Crippen molar-refractivity contribution in [3.05, 3.63) is 29.3 Å². The smallest absolute Gasteiger partial charge is 0.414 e. The lowest BCUT2D eigenvalue weighted by molar-refractivity contribution is 0.0577. The molecule has 0 aromatic heterocycles. The summed E-state index contributed by atoms with van der Waals surface area (Å²) in [5.74, 6) is 0.0437. The van der Waals surface area contributed by atoms with Gasteiger partial charge in [0, 0.05) is 12.1 Å². The van der Waals surface area contributed by atoms with Crippen molar-refractivity contribution in [3.63, 3.8) is 0 Å². The number of anilines is 1. The maximum atomic E-state index is 12.2. The average Bonchev–Trinajstić information content (AvgIpc) is 2.35. The third kappa shape index (κ3) is 3.18. The fourth-order valence-electron chi connectivity index (χ4n) is 2.32. The van der Waals surface area contributed by atoms with Crippen LogP contribution in [0, 0.1) is 0 Å². The van der Waals surface area contributed by atoms with Crippen molar-refractivity contribution < 1.29 is 14.3 Å². The van der Waals surface area contributed by atoms with Gasteiger partial charge in [-0.05, 0) is 64.3 Å². The van der Waals surface area contributed by atoms with Gasteiger partial charge in [0.05, 0.1) is 5.69 Å². The summed E-state index contributed by atoms with van der Waals surface area (Å²) in [6.45, 7) is 7.77. The number of rotatable bonds is 1. The molecule has 1 aromatic rings. The number of hydrogen-bond donors (Lipinski definition) is 0. The largest absolute Gasteiger partial charge is 0.443 e.